The summed E-state index contributed by atoms with van der Waals surface area (Å²) in [6.45, 7) is 6.17. The van der Waals surface area contributed by atoms with Gasteiger partial charge < -0.3 is 14.8 Å². The average Bonchev–Trinajstić information content (AvgIpc) is 2.93. The molecule has 25 heavy (non-hydrogen) atoms. The van der Waals surface area contributed by atoms with Crippen LogP contribution in [0.15, 0.2) is 36.7 Å². The largest absolute Gasteiger partial charge is 0.496 e. The number of hydrogen-bond donors (Lipinski definition) is 1. The number of methoxy groups -OCH3 is 2. The van der Waals surface area contributed by atoms with E-state index in [9.17, 15) is 0 Å². The number of rotatable bonds is 5. The van der Waals surface area contributed by atoms with Gasteiger partial charge in [-0.2, -0.15) is 0 Å². The minimum atomic E-state index is 0.0778. The van der Waals surface area contributed by atoms with Crippen molar-refractivity contribution in [3.05, 3.63) is 53.3 Å². The van der Waals surface area contributed by atoms with Gasteiger partial charge in [-0.3, -0.25) is 9.88 Å². The first kappa shape index (κ1) is 17.7. The normalized spacial score (nSPS) is 16.9. The second-order valence-corrected chi connectivity index (χ2v) is 6.35. The summed E-state index contributed by atoms with van der Waals surface area (Å²) < 4.78 is 11.4. The zero-order chi connectivity index (χ0) is 17.6. The molecule has 1 unspecified atom stereocenters. The van der Waals surface area contributed by atoms with E-state index in [1.807, 2.05) is 30.6 Å². The average molecular weight is 341 g/mol. The van der Waals surface area contributed by atoms with Crippen LogP contribution in [0, 0.1) is 6.92 Å². The van der Waals surface area contributed by atoms with Crippen LogP contribution in [-0.2, 0) is 0 Å². The summed E-state index contributed by atoms with van der Waals surface area (Å²) >= 11 is 0. The Morgan fingerprint density at radius 1 is 1.08 bits per heavy atom. The van der Waals surface area contributed by atoms with Crippen molar-refractivity contribution >= 4 is 0 Å². The van der Waals surface area contributed by atoms with Crippen molar-refractivity contribution in [2.75, 3.05) is 40.4 Å². The van der Waals surface area contributed by atoms with Crippen LogP contribution in [0.2, 0.25) is 0 Å². The van der Waals surface area contributed by atoms with Gasteiger partial charge in [-0.1, -0.05) is 6.07 Å². The van der Waals surface area contributed by atoms with Gasteiger partial charge in [0.05, 0.1) is 25.8 Å². The van der Waals surface area contributed by atoms with E-state index in [0.29, 0.717) is 0 Å². The molecule has 1 aliphatic heterocycles. The van der Waals surface area contributed by atoms with E-state index in [1.54, 1.807) is 14.2 Å². The minimum Gasteiger partial charge on any atom is -0.496 e. The molecular weight excluding hydrogens is 314 g/mol. The molecule has 2 heterocycles. The molecule has 1 fully saturated rings. The van der Waals surface area contributed by atoms with Crippen LogP contribution in [0.3, 0.4) is 0 Å². The van der Waals surface area contributed by atoms with E-state index >= 15 is 0 Å². The van der Waals surface area contributed by atoms with Crippen molar-refractivity contribution in [2.24, 2.45) is 0 Å². The van der Waals surface area contributed by atoms with E-state index < -0.39 is 0 Å². The Morgan fingerprint density at radius 3 is 2.52 bits per heavy atom. The summed E-state index contributed by atoms with van der Waals surface area (Å²) in [5.41, 5.74) is 3.51. The highest BCUT2D eigenvalue weighted by Gasteiger charge is 2.29. The molecule has 5 heteroatoms. The van der Waals surface area contributed by atoms with Gasteiger partial charge in [-0.15, -0.1) is 0 Å². The topological polar surface area (TPSA) is 46.6 Å². The van der Waals surface area contributed by atoms with E-state index in [1.165, 1.54) is 11.1 Å². The third kappa shape index (κ3) is 3.78. The molecule has 0 aliphatic carbocycles. The zero-order valence-corrected chi connectivity index (χ0v) is 15.3. The van der Waals surface area contributed by atoms with E-state index in [4.69, 9.17) is 9.47 Å². The molecule has 134 valence electrons. The Morgan fingerprint density at radius 2 is 1.84 bits per heavy atom. The number of nitrogens with one attached hydrogen (secondary N) is 1. The summed E-state index contributed by atoms with van der Waals surface area (Å²) in [5.74, 6) is 1.72. The van der Waals surface area contributed by atoms with Gasteiger partial charge in [-0.05, 0) is 49.2 Å². The van der Waals surface area contributed by atoms with Gasteiger partial charge in [0.25, 0.3) is 0 Å². The highest BCUT2D eigenvalue weighted by Crippen LogP contribution is 2.41. The molecule has 1 aliphatic rings. The SMILES string of the molecule is COc1cccc(OC)c1C(c1ccncc1C)N1CCCNCC1. The molecule has 0 bridgehead atoms. The van der Waals surface area contributed by atoms with Gasteiger partial charge in [0.15, 0.2) is 0 Å². The van der Waals surface area contributed by atoms with Crippen molar-refractivity contribution in [2.45, 2.75) is 19.4 Å². The van der Waals surface area contributed by atoms with Gasteiger partial charge >= 0.3 is 0 Å². The molecular formula is C20H27N3O2. The Bertz CT molecular complexity index is 675. The van der Waals surface area contributed by atoms with Gasteiger partial charge in [0, 0.05) is 32.0 Å². The smallest absolute Gasteiger partial charge is 0.127 e. The predicted octanol–water partition coefficient (Wildman–Crippen LogP) is 2.79. The molecule has 2 aromatic rings. The maximum Gasteiger partial charge on any atom is 0.127 e. The summed E-state index contributed by atoms with van der Waals surface area (Å²) in [6.07, 6.45) is 4.92. The molecule has 1 atom stereocenters. The molecule has 5 nitrogen and oxygen atoms in total. The zero-order valence-electron chi connectivity index (χ0n) is 15.3. The first-order valence-corrected chi connectivity index (χ1v) is 8.82. The lowest BCUT2D eigenvalue weighted by Gasteiger charge is -2.33. The number of hydrogen-bond acceptors (Lipinski definition) is 5. The van der Waals surface area contributed by atoms with Gasteiger partial charge in [0.2, 0.25) is 0 Å². The second kappa shape index (κ2) is 8.32. The van der Waals surface area contributed by atoms with Crippen LogP contribution in [0.1, 0.15) is 29.2 Å². The molecule has 0 spiro atoms. The molecule has 0 amide bonds. The van der Waals surface area contributed by atoms with E-state index in [2.05, 4.69) is 28.2 Å². The quantitative estimate of drug-likeness (QED) is 0.906. The lowest BCUT2D eigenvalue weighted by molar-refractivity contribution is 0.230. The number of benzene rings is 1. The Balaban J connectivity index is 2.16. The lowest BCUT2D eigenvalue weighted by atomic mass is 9.93. The third-order valence-corrected chi connectivity index (χ3v) is 4.84. The fourth-order valence-electron chi connectivity index (χ4n) is 3.60. The Hall–Kier alpha value is -2.11. The van der Waals surface area contributed by atoms with Crippen LogP contribution in [0.5, 0.6) is 11.5 Å². The van der Waals surface area contributed by atoms with Gasteiger partial charge in [-0.25, -0.2) is 0 Å². The maximum atomic E-state index is 5.71. The van der Waals surface area contributed by atoms with E-state index in [-0.39, 0.29) is 6.04 Å². The van der Waals surface area contributed by atoms with Crippen LogP contribution >= 0.6 is 0 Å². The summed E-state index contributed by atoms with van der Waals surface area (Å²) in [4.78, 5) is 6.79. The molecule has 1 aromatic heterocycles. The Kier molecular flexibility index (Phi) is 5.89. The maximum absolute atomic E-state index is 5.71. The molecule has 0 saturated carbocycles. The van der Waals surface area contributed by atoms with Crippen molar-refractivity contribution in [1.29, 1.82) is 0 Å². The lowest BCUT2D eigenvalue weighted by Crippen LogP contribution is -2.34. The van der Waals surface area contributed by atoms with E-state index in [0.717, 1.165) is 49.7 Å². The molecule has 3 rings (SSSR count). The molecule has 1 saturated heterocycles. The van der Waals surface area contributed by atoms with Crippen molar-refractivity contribution in [1.82, 2.24) is 15.2 Å². The number of nitrogens with zero attached hydrogens (tertiary/aromatic N) is 2. The predicted molar refractivity (Wildman–Crippen MR) is 99.4 cm³/mol. The van der Waals surface area contributed by atoms with Crippen molar-refractivity contribution in [3.8, 4) is 11.5 Å². The van der Waals surface area contributed by atoms with Crippen LogP contribution in [0.25, 0.3) is 0 Å². The fourth-order valence-corrected chi connectivity index (χ4v) is 3.60. The van der Waals surface area contributed by atoms with Crippen molar-refractivity contribution in [3.63, 3.8) is 0 Å². The van der Waals surface area contributed by atoms with Gasteiger partial charge in [0.1, 0.15) is 11.5 Å². The molecule has 1 N–H and O–H groups in total. The molecule has 1 aromatic carbocycles. The fraction of sp³-hybridized carbons (Fsp3) is 0.450. The summed E-state index contributed by atoms with van der Waals surface area (Å²) in [5, 5.41) is 3.49. The summed E-state index contributed by atoms with van der Waals surface area (Å²) in [6, 6.07) is 8.19. The highest BCUT2D eigenvalue weighted by molar-refractivity contribution is 5.51. The van der Waals surface area contributed by atoms with Crippen molar-refractivity contribution < 1.29 is 9.47 Å². The van der Waals surface area contributed by atoms with Crippen LogP contribution < -0.4 is 14.8 Å². The Labute approximate surface area is 150 Å². The first-order valence-electron chi connectivity index (χ1n) is 8.82. The standard InChI is InChI=1S/C20H27N3O2/c1-15-14-22-10-8-16(15)20(23-12-5-9-21-11-13-23)19-17(24-2)6-4-7-18(19)25-3/h4,6-8,10,14,20-21H,5,9,11-13H2,1-3H3. The minimum absolute atomic E-state index is 0.0778. The van der Waals surface area contributed by atoms with Crippen LogP contribution in [0.4, 0.5) is 0 Å². The first-order chi connectivity index (χ1) is 12.3. The third-order valence-electron chi connectivity index (χ3n) is 4.84. The second-order valence-electron chi connectivity index (χ2n) is 6.35. The highest BCUT2D eigenvalue weighted by atomic mass is 16.5. The van der Waals surface area contributed by atoms with Crippen LogP contribution in [-0.4, -0.2) is 50.3 Å². The monoisotopic (exact) mass is 341 g/mol. The molecule has 0 radical (unpaired) electrons. The number of pyridine rings is 1. The number of ether oxygens (including phenoxy) is 2. The summed E-state index contributed by atoms with van der Waals surface area (Å²) in [7, 11) is 3.44. The number of aryl methyl sites for hydroxylation is 1. The number of aromatic nitrogens is 1.